The first kappa shape index (κ1) is 14.0. The van der Waals surface area contributed by atoms with Crippen molar-refractivity contribution in [3.63, 3.8) is 0 Å². The van der Waals surface area contributed by atoms with E-state index in [4.69, 9.17) is 9.84 Å². The van der Waals surface area contributed by atoms with Crippen molar-refractivity contribution in [2.75, 3.05) is 25.1 Å². The second-order valence-electron chi connectivity index (χ2n) is 4.60. The topological polar surface area (TPSA) is 92.9 Å². The van der Waals surface area contributed by atoms with Crippen LogP contribution in [-0.4, -0.2) is 36.2 Å². The van der Waals surface area contributed by atoms with Crippen LogP contribution >= 0.6 is 0 Å². The van der Waals surface area contributed by atoms with Crippen LogP contribution < -0.4 is 9.64 Å². The third kappa shape index (κ3) is 2.63. The number of carboxylic acid groups (broad SMARTS) is 1. The summed E-state index contributed by atoms with van der Waals surface area (Å²) in [6, 6.07) is 2.09. The van der Waals surface area contributed by atoms with E-state index in [1.54, 1.807) is 4.90 Å². The number of hydrogen-bond acceptors (Lipinski definition) is 5. The van der Waals surface area contributed by atoms with Gasteiger partial charge in [-0.15, -0.1) is 0 Å². The van der Waals surface area contributed by atoms with Crippen LogP contribution in [0.25, 0.3) is 0 Å². The average molecular weight is 284 g/mol. The summed E-state index contributed by atoms with van der Waals surface area (Å²) in [6.07, 6.45) is 0.0300. The Labute approximate surface area is 113 Å². The maximum atomic E-state index is 13.9. The van der Waals surface area contributed by atoms with E-state index >= 15 is 0 Å². The Kier molecular flexibility index (Phi) is 3.73. The molecule has 0 atom stereocenters. The predicted octanol–water partition coefficient (Wildman–Crippen LogP) is 1.65. The lowest BCUT2D eigenvalue weighted by Crippen LogP contribution is -2.48. The number of benzene rings is 1. The molecule has 2 rings (SSSR count). The number of methoxy groups -OCH3 is 1. The van der Waals surface area contributed by atoms with Gasteiger partial charge in [0, 0.05) is 25.1 Å². The van der Waals surface area contributed by atoms with Crippen molar-refractivity contribution in [2.45, 2.75) is 6.42 Å². The molecule has 8 heteroatoms. The molecule has 1 aliphatic rings. The van der Waals surface area contributed by atoms with Gasteiger partial charge in [-0.3, -0.25) is 14.9 Å². The van der Waals surface area contributed by atoms with Gasteiger partial charge in [0.1, 0.15) is 0 Å². The molecule has 0 amide bonds. The van der Waals surface area contributed by atoms with Crippen LogP contribution in [0.2, 0.25) is 0 Å². The number of carboxylic acids is 1. The van der Waals surface area contributed by atoms with E-state index in [1.165, 1.54) is 13.2 Å². The molecule has 1 aliphatic heterocycles. The largest absolute Gasteiger partial charge is 0.490 e. The Morgan fingerprint density at radius 2 is 2.25 bits per heavy atom. The van der Waals surface area contributed by atoms with Gasteiger partial charge in [-0.2, -0.15) is 0 Å². The Morgan fingerprint density at radius 3 is 2.75 bits per heavy atom. The number of ether oxygens (including phenoxy) is 1. The van der Waals surface area contributed by atoms with Gasteiger partial charge in [0.2, 0.25) is 0 Å². The normalized spacial score (nSPS) is 14.8. The zero-order chi connectivity index (χ0) is 14.9. The van der Waals surface area contributed by atoms with Crippen LogP contribution in [0.15, 0.2) is 12.1 Å². The highest BCUT2D eigenvalue weighted by molar-refractivity contribution is 5.68. The summed E-state index contributed by atoms with van der Waals surface area (Å²) in [4.78, 5) is 22.2. The zero-order valence-electron chi connectivity index (χ0n) is 10.7. The van der Waals surface area contributed by atoms with Crippen molar-refractivity contribution in [3.05, 3.63) is 28.1 Å². The molecule has 1 fully saturated rings. The Hall–Kier alpha value is -2.38. The van der Waals surface area contributed by atoms with Gasteiger partial charge < -0.3 is 14.7 Å². The number of hydrogen-bond donors (Lipinski definition) is 1. The van der Waals surface area contributed by atoms with Crippen LogP contribution in [0.4, 0.5) is 15.8 Å². The standard InChI is InChI=1S/C12H13FN2O5/c1-20-11-4-9(8(13)3-10(11)15(18)19)14-5-7(6-14)2-12(16)17/h3-4,7H,2,5-6H2,1H3,(H,16,17). The predicted molar refractivity (Wildman–Crippen MR) is 67.6 cm³/mol. The summed E-state index contributed by atoms with van der Waals surface area (Å²) in [5.41, 5.74) is -0.245. The van der Waals surface area contributed by atoms with E-state index in [2.05, 4.69) is 0 Å². The minimum Gasteiger partial charge on any atom is -0.490 e. The first-order valence-corrected chi connectivity index (χ1v) is 5.91. The van der Waals surface area contributed by atoms with Crippen molar-refractivity contribution in [3.8, 4) is 5.75 Å². The van der Waals surface area contributed by atoms with Crippen molar-refractivity contribution in [2.24, 2.45) is 5.92 Å². The first-order chi connectivity index (χ1) is 9.42. The Balaban J connectivity index is 2.18. The van der Waals surface area contributed by atoms with E-state index in [0.717, 1.165) is 6.07 Å². The van der Waals surface area contributed by atoms with Crippen molar-refractivity contribution < 1.29 is 24.0 Å². The molecule has 0 aromatic heterocycles. The minimum atomic E-state index is -0.892. The highest BCUT2D eigenvalue weighted by Crippen LogP contribution is 2.37. The first-order valence-electron chi connectivity index (χ1n) is 5.91. The highest BCUT2D eigenvalue weighted by Gasteiger charge is 2.32. The van der Waals surface area contributed by atoms with Gasteiger partial charge in [0.25, 0.3) is 0 Å². The fraction of sp³-hybridized carbons (Fsp3) is 0.417. The number of rotatable bonds is 5. The number of nitrogens with zero attached hydrogens (tertiary/aromatic N) is 2. The van der Waals surface area contributed by atoms with E-state index in [0.29, 0.717) is 13.1 Å². The molecule has 108 valence electrons. The van der Waals surface area contributed by atoms with E-state index in [-0.39, 0.29) is 23.8 Å². The summed E-state index contributed by atoms with van der Waals surface area (Å²) in [6.45, 7) is 0.814. The van der Waals surface area contributed by atoms with Gasteiger partial charge >= 0.3 is 11.7 Å². The lowest BCUT2D eigenvalue weighted by Gasteiger charge is -2.40. The monoisotopic (exact) mass is 284 g/mol. The van der Waals surface area contributed by atoms with E-state index in [1.807, 2.05) is 0 Å². The van der Waals surface area contributed by atoms with Gasteiger partial charge in [0.15, 0.2) is 11.6 Å². The lowest BCUT2D eigenvalue weighted by atomic mass is 9.95. The molecule has 1 aromatic rings. The summed E-state index contributed by atoms with van der Waals surface area (Å²) in [5.74, 6) is -1.66. The second-order valence-corrected chi connectivity index (χ2v) is 4.60. The molecule has 1 heterocycles. The Morgan fingerprint density at radius 1 is 1.60 bits per heavy atom. The molecule has 0 spiro atoms. The molecule has 20 heavy (non-hydrogen) atoms. The van der Waals surface area contributed by atoms with Gasteiger partial charge in [-0.25, -0.2) is 4.39 Å². The molecule has 1 N–H and O–H groups in total. The molecule has 0 aliphatic carbocycles. The van der Waals surface area contributed by atoms with Crippen LogP contribution in [0.5, 0.6) is 5.75 Å². The Bertz CT molecular complexity index is 557. The van der Waals surface area contributed by atoms with E-state index < -0.39 is 22.4 Å². The summed E-state index contributed by atoms with van der Waals surface area (Å²) >= 11 is 0. The van der Waals surface area contributed by atoms with Crippen LogP contribution in [0.1, 0.15) is 6.42 Å². The fourth-order valence-corrected chi connectivity index (χ4v) is 2.22. The number of halogens is 1. The van der Waals surface area contributed by atoms with Crippen LogP contribution in [0, 0.1) is 21.8 Å². The number of carbonyl (C=O) groups is 1. The third-order valence-electron chi connectivity index (χ3n) is 3.21. The lowest BCUT2D eigenvalue weighted by molar-refractivity contribution is -0.385. The molecular formula is C12H13FN2O5. The molecule has 0 bridgehead atoms. The van der Waals surface area contributed by atoms with Gasteiger partial charge in [0.05, 0.1) is 30.2 Å². The maximum Gasteiger partial charge on any atom is 0.313 e. The van der Waals surface area contributed by atoms with Crippen LogP contribution in [-0.2, 0) is 4.79 Å². The van der Waals surface area contributed by atoms with Gasteiger partial charge in [-0.05, 0) is 0 Å². The van der Waals surface area contributed by atoms with Crippen molar-refractivity contribution >= 4 is 17.3 Å². The SMILES string of the molecule is COc1cc(N2CC(CC(=O)O)C2)c(F)cc1[N+](=O)[O-]. The molecule has 0 saturated carbocycles. The molecular weight excluding hydrogens is 271 g/mol. The molecule has 1 saturated heterocycles. The van der Waals surface area contributed by atoms with Crippen LogP contribution in [0.3, 0.4) is 0 Å². The average Bonchev–Trinajstić information content (AvgIpc) is 2.33. The molecule has 0 radical (unpaired) electrons. The number of aliphatic carboxylic acids is 1. The minimum absolute atomic E-state index is 0.0203. The number of nitro groups is 1. The maximum absolute atomic E-state index is 13.9. The fourth-order valence-electron chi connectivity index (χ4n) is 2.22. The molecule has 7 nitrogen and oxygen atoms in total. The number of anilines is 1. The second kappa shape index (κ2) is 5.32. The number of nitro benzene ring substituents is 1. The van der Waals surface area contributed by atoms with Crippen molar-refractivity contribution in [1.82, 2.24) is 0 Å². The summed E-state index contributed by atoms with van der Waals surface area (Å²) < 4.78 is 18.8. The highest BCUT2D eigenvalue weighted by atomic mass is 19.1. The quantitative estimate of drug-likeness (QED) is 0.652. The third-order valence-corrected chi connectivity index (χ3v) is 3.21. The van der Waals surface area contributed by atoms with Crippen molar-refractivity contribution in [1.29, 1.82) is 0 Å². The molecule has 1 aromatic carbocycles. The molecule has 0 unspecified atom stereocenters. The summed E-state index contributed by atoms with van der Waals surface area (Å²) in [5, 5.41) is 19.4. The summed E-state index contributed by atoms with van der Waals surface area (Å²) in [7, 11) is 1.27. The smallest absolute Gasteiger partial charge is 0.313 e. The van der Waals surface area contributed by atoms with E-state index in [9.17, 15) is 19.3 Å². The van der Waals surface area contributed by atoms with Gasteiger partial charge in [-0.1, -0.05) is 0 Å². The zero-order valence-corrected chi connectivity index (χ0v) is 10.7.